The lowest BCUT2D eigenvalue weighted by Crippen LogP contribution is -2.19. The molecule has 2 aromatic carbocycles. The standard InChI is InChI=1S/C18H12BrClN2O2S/c19-12-2-3-14(13(20)9-12)21-18-22-17(23)16(25-18)8-10-1-4-15-11(7-10)5-6-24-15/h1-4,7-9H,5-6H2,(H,21,22,23)/b16-8-. The Hall–Kier alpha value is -1.76. The van der Waals surface area contributed by atoms with E-state index in [2.05, 4.69) is 32.3 Å². The van der Waals surface area contributed by atoms with E-state index in [9.17, 15) is 4.79 Å². The zero-order chi connectivity index (χ0) is 17.4. The number of halogens is 2. The van der Waals surface area contributed by atoms with Crippen molar-refractivity contribution in [2.75, 3.05) is 6.61 Å². The summed E-state index contributed by atoms with van der Waals surface area (Å²) in [7, 11) is 0. The van der Waals surface area contributed by atoms with Crippen molar-refractivity contribution in [2.24, 2.45) is 4.99 Å². The Morgan fingerprint density at radius 3 is 3.00 bits per heavy atom. The van der Waals surface area contributed by atoms with E-state index in [0.29, 0.717) is 20.8 Å². The van der Waals surface area contributed by atoms with Gasteiger partial charge in [0.25, 0.3) is 5.91 Å². The van der Waals surface area contributed by atoms with Crippen LogP contribution in [0.4, 0.5) is 5.69 Å². The summed E-state index contributed by atoms with van der Waals surface area (Å²) in [4.78, 5) is 17.2. The molecule has 0 aromatic heterocycles. The molecule has 0 saturated carbocycles. The van der Waals surface area contributed by atoms with Crippen molar-refractivity contribution in [2.45, 2.75) is 6.42 Å². The molecule has 2 aromatic rings. The monoisotopic (exact) mass is 434 g/mol. The normalized spacial score (nSPS) is 19.2. The lowest BCUT2D eigenvalue weighted by atomic mass is 10.1. The molecular weight excluding hydrogens is 424 g/mol. The number of ether oxygens (including phenoxy) is 1. The Kier molecular flexibility index (Phi) is 4.58. The summed E-state index contributed by atoms with van der Waals surface area (Å²) in [5, 5.41) is 3.82. The smallest absolute Gasteiger partial charge is 0.264 e. The molecule has 1 N–H and O–H groups in total. The third-order valence-corrected chi connectivity index (χ3v) is 5.50. The summed E-state index contributed by atoms with van der Waals surface area (Å²) in [6.45, 7) is 0.718. The van der Waals surface area contributed by atoms with E-state index >= 15 is 0 Å². The van der Waals surface area contributed by atoms with Crippen LogP contribution >= 0.6 is 39.3 Å². The maximum absolute atomic E-state index is 12.2. The van der Waals surface area contributed by atoms with Crippen LogP contribution < -0.4 is 10.1 Å². The number of thioether (sulfide) groups is 1. The summed E-state index contributed by atoms with van der Waals surface area (Å²) in [6.07, 6.45) is 2.77. The van der Waals surface area contributed by atoms with Gasteiger partial charge >= 0.3 is 0 Å². The van der Waals surface area contributed by atoms with E-state index < -0.39 is 0 Å². The highest BCUT2D eigenvalue weighted by Crippen LogP contribution is 2.33. The van der Waals surface area contributed by atoms with E-state index in [1.54, 1.807) is 12.1 Å². The fraction of sp³-hybridized carbons (Fsp3) is 0.111. The van der Waals surface area contributed by atoms with Crippen molar-refractivity contribution >= 4 is 62.1 Å². The summed E-state index contributed by atoms with van der Waals surface area (Å²) >= 11 is 10.8. The molecule has 2 aliphatic heterocycles. The minimum absolute atomic E-state index is 0.159. The first-order valence-corrected chi connectivity index (χ1v) is 9.57. The van der Waals surface area contributed by atoms with E-state index in [-0.39, 0.29) is 5.91 Å². The molecule has 126 valence electrons. The number of rotatable bonds is 2. The molecule has 4 rings (SSSR count). The van der Waals surface area contributed by atoms with Crippen molar-refractivity contribution in [1.82, 2.24) is 5.32 Å². The Bertz CT molecular complexity index is 943. The molecule has 7 heteroatoms. The molecule has 2 heterocycles. The largest absolute Gasteiger partial charge is 0.493 e. The highest BCUT2D eigenvalue weighted by Gasteiger charge is 2.24. The SMILES string of the molecule is O=C1N/C(=N\c2ccc(Br)cc2Cl)S/C1=C\c1ccc2c(c1)CCO2. The van der Waals surface area contributed by atoms with Crippen molar-refractivity contribution in [3.05, 3.63) is 61.9 Å². The number of fused-ring (bicyclic) bond motifs is 1. The van der Waals surface area contributed by atoms with E-state index in [0.717, 1.165) is 28.8 Å². The zero-order valence-corrected chi connectivity index (χ0v) is 16.0. The molecule has 0 unspecified atom stereocenters. The van der Waals surface area contributed by atoms with Crippen LogP contribution in [0.25, 0.3) is 6.08 Å². The topological polar surface area (TPSA) is 50.7 Å². The van der Waals surface area contributed by atoms with Gasteiger partial charge in [-0.1, -0.05) is 33.6 Å². The van der Waals surface area contributed by atoms with Crippen LogP contribution in [0.15, 0.2) is 50.8 Å². The Labute approximate surface area is 162 Å². The number of nitrogens with zero attached hydrogens (tertiary/aromatic N) is 1. The van der Waals surface area contributed by atoms with Crippen LogP contribution in [-0.2, 0) is 11.2 Å². The molecule has 0 atom stereocenters. The molecule has 1 fully saturated rings. The van der Waals surface area contributed by atoms with Crippen molar-refractivity contribution in [1.29, 1.82) is 0 Å². The number of carbonyl (C=O) groups is 1. The highest BCUT2D eigenvalue weighted by atomic mass is 79.9. The summed E-state index contributed by atoms with van der Waals surface area (Å²) < 4.78 is 6.39. The Morgan fingerprint density at radius 1 is 1.28 bits per heavy atom. The molecule has 1 saturated heterocycles. The van der Waals surface area contributed by atoms with Gasteiger partial charge in [0, 0.05) is 10.9 Å². The van der Waals surface area contributed by atoms with Crippen molar-refractivity contribution in [3.63, 3.8) is 0 Å². The second kappa shape index (κ2) is 6.86. The van der Waals surface area contributed by atoms with E-state index in [1.807, 2.05) is 24.3 Å². The first kappa shape index (κ1) is 16.7. The molecule has 0 bridgehead atoms. The molecule has 25 heavy (non-hydrogen) atoms. The third kappa shape index (κ3) is 3.61. The van der Waals surface area contributed by atoms with Gasteiger partial charge in [0.05, 0.1) is 22.2 Å². The van der Waals surface area contributed by atoms with Gasteiger partial charge in [-0.3, -0.25) is 4.79 Å². The predicted molar refractivity (Wildman–Crippen MR) is 106 cm³/mol. The molecule has 0 aliphatic carbocycles. The van der Waals surface area contributed by atoms with Gasteiger partial charge in [0.1, 0.15) is 5.75 Å². The minimum Gasteiger partial charge on any atom is -0.493 e. The summed E-state index contributed by atoms with van der Waals surface area (Å²) in [5.74, 6) is 0.770. The van der Waals surface area contributed by atoms with Gasteiger partial charge in [0.15, 0.2) is 5.17 Å². The Morgan fingerprint density at radius 2 is 2.16 bits per heavy atom. The maximum Gasteiger partial charge on any atom is 0.264 e. The minimum atomic E-state index is -0.159. The fourth-order valence-electron chi connectivity index (χ4n) is 2.61. The molecular formula is C18H12BrClN2O2S. The van der Waals surface area contributed by atoms with Gasteiger partial charge < -0.3 is 10.1 Å². The molecule has 2 aliphatic rings. The molecule has 0 radical (unpaired) electrons. The quantitative estimate of drug-likeness (QED) is 0.681. The van der Waals surface area contributed by atoms with Crippen LogP contribution in [0, 0.1) is 0 Å². The first-order chi connectivity index (χ1) is 12.1. The average molecular weight is 436 g/mol. The summed E-state index contributed by atoms with van der Waals surface area (Å²) in [6, 6.07) is 11.4. The number of hydrogen-bond donors (Lipinski definition) is 1. The fourth-order valence-corrected chi connectivity index (χ4v) is 4.16. The predicted octanol–water partition coefficient (Wildman–Crippen LogP) is 4.93. The summed E-state index contributed by atoms with van der Waals surface area (Å²) in [5.41, 5.74) is 2.77. The zero-order valence-electron chi connectivity index (χ0n) is 12.9. The first-order valence-electron chi connectivity index (χ1n) is 7.59. The molecule has 1 amide bonds. The van der Waals surface area contributed by atoms with Crippen LogP contribution in [0.1, 0.15) is 11.1 Å². The van der Waals surface area contributed by atoms with Crippen LogP contribution in [0.5, 0.6) is 5.75 Å². The van der Waals surface area contributed by atoms with Crippen LogP contribution in [-0.4, -0.2) is 17.7 Å². The lowest BCUT2D eigenvalue weighted by molar-refractivity contribution is -0.115. The molecule has 4 nitrogen and oxygen atoms in total. The number of hydrogen-bond acceptors (Lipinski definition) is 4. The number of aliphatic imine (C=N–C) groups is 1. The van der Waals surface area contributed by atoms with Gasteiger partial charge in [-0.05, 0) is 59.3 Å². The number of amidine groups is 1. The lowest BCUT2D eigenvalue weighted by Gasteiger charge is -2.00. The third-order valence-electron chi connectivity index (χ3n) is 3.79. The number of carbonyl (C=O) groups excluding carboxylic acids is 1. The average Bonchev–Trinajstić information content (AvgIpc) is 3.17. The number of amides is 1. The number of benzene rings is 2. The van der Waals surface area contributed by atoms with Gasteiger partial charge in [-0.2, -0.15) is 0 Å². The Balaban J connectivity index is 1.58. The van der Waals surface area contributed by atoms with Gasteiger partial charge in [-0.25, -0.2) is 4.99 Å². The van der Waals surface area contributed by atoms with Crippen LogP contribution in [0.3, 0.4) is 0 Å². The second-order valence-electron chi connectivity index (χ2n) is 5.54. The molecule has 0 spiro atoms. The van der Waals surface area contributed by atoms with Crippen LogP contribution in [0.2, 0.25) is 5.02 Å². The van der Waals surface area contributed by atoms with Crippen molar-refractivity contribution < 1.29 is 9.53 Å². The second-order valence-corrected chi connectivity index (χ2v) is 7.90. The highest BCUT2D eigenvalue weighted by molar-refractivity contribution is 9.10. The number of nitrogens with one attached hydrogen (secondary N) is 1. The maximum atomic E-state index is 12.2. The van der Waals surface area contributed by atoms with Gasteiger partial charge in [0.2, 0.25) is 0 Å². The van der Waals surface area contributed by atoms with E-state index in [4.69, 9.17) is 16.3 Å². The van der Waals surface area contributed by atoms with E-state index in [1.165, 1.54) is 17.3 Å². The van der Waals surface area contributed by atoms with Gasteiger partial charge in [-0.15, -0.1) is 0 Å². The van der Waals surface area contributed by atoms with Crippen molar-refractivity contribution in [3.8, 4) is 5.75 Å².